The van der Waals surface area contributed by atoms with Gasteiger partial charge in [-0.2, -0.15) is 0 Å². The molecular formula is C12H24N2O2. The number of carbonyl (C=O) groups excluding carboxylic acids is 1. The fraction of sp³-hybridized carbons (Fsp3) is 0.917. The number of rotatable bonds is 5. The van der Waals surface area contributed by atoms with Crippen molar-refractivity contribution < 1.29 is 9.90 Å². The summed E-state index contributed by atoms with van der Waals surface area (Å²) in [5, 5.41) is 12.8. The van der Waals surface area contributed by atoms with Crippen LogP contribution in [0.1, 0.15) is 40.0 Å². The minimum absolute atomic E-state index is 0.0754. The van der Waals surface area contributed by atoms with E-state index >= 15 is 0 Å². The molecule has 1 amide bonds. The van der Waals surface area contributed by atoms with Crippen LogP contribution >= 0.6 is 0 Å². The second kappa shape index (κ2) is 5.64. The Balaban J connectivity index is 2.30. The minimum atomic E-state index is -0.616. The van der Waals surface area contributed by atoms with Crippen LogP contribution in [0.2, 0.25) is 0 Å². The van der Waals surface area contributed by atoms with E-state index < -0.39 is 5.60 Å². The molecule has 0 aromatic rings. The lowest BCUT2D eigenvalue weighted by Crippen LogP contribution is -2.42. The number of aliphatic hydroxyl groups is 1. The summed E-state index contributed by atoms with van der Waals surface area (Å²) in [6, 6.07) is 0.288. The summed E-state index contributed by atoms with van der Waals surface area (Å²) in [5.41, 5.74) is -0.616. The standard InChI is InChI=1S/C12H24N2O2/c1-4-10(5-2)13-11(15)8-14-7-6-12(3,16)9-14/h10,16H,4-9H2,1-3H3,(H,13,15). The second-order valence-corrected chi connectivity index (χ2v) is 5.04. The average Bonchev–Trinajstić information content (AvgIpc) is 2.54. The van der Waals surface area contributed by atoms with Gasteiger partial charge in [0.1, 0.15) is 0 Å². The lowest BCUT2D eigenvalue weighted by Gasteiger charge is -2.20. The van der Waals surface area contributed by atoms with E-state index in [1.165, 1.54) is 0 Å². The molecule has 4 heteroatoms. The molecule has 0 aromatic carbocycles. The normalized spacial score (nSPS) is 26.3. The first-order valence-electron chi connectivity index (χ1n) is 6.21. The van der Waals surface area contributed by atoms with E-state index in [2.05, 4.69) is 19.2 Å². The highest BCUT2D eigenvalue weighted by Gasteiger charge is 2.32. The predicted octanol–water partition coefficient (Wildman–Crippen LogP) is 0.748. The van der Waals surface area contributed by atoms with Gasteiger partial charge in [-0.1, -0.05) is 13.8 Å². The van der Waals surface area contributed by atoms with Crippen LogP contribution in [0.4, 0.5) is 0 Å². The summed E-state index contributed by atoms with van der Waals surface area (Å²) >= 11 is 0. The van der Waals surface area contributed by atoms with E-state index in [0.717, 1.165) is 25.8 Å². The highest BCUT2D eigenvalue weighted by molar-refractivity contribution is 5.78. The van der Waals surface area contributed by atoms with Gasteiger partial charge in [0.2, 0.25) is 5.91 Å². The van der Waals surface area contributed by atoms with Gasteiger partial charge in [0.15, 0.2) is 0 Å². The van der Waals surface area contributed by atoms with Gasteiger partial charge in [-0.3, -0.25) is 9.69 Å². The molecule has 1 aliphatic rings. The summed E-state index contributed by atoms with van der Waals surface area (Å²) in [7, 11) is 0. The maximum absolute atomic E-state index is 11.7. The van der Waals surface area contributed by atoms with Crippen LogP contribution < -0.4 is 5.32 Å². The SMILES string of the molecule is CCC(CC)NC(=O)CN1CCC(C)(O)C1. The molecular weight excluding hydrogens is 204 g/mol. The quantitative estimate of drug-likeness (QED) is 0.730. The maximum Gasteiger partial charge on any atom is 0.234 e. The van der Waals surface area contributed by atoms with Gasteiger partial charge in [-0.05, 0) is 26.2 Å². The van der Waals surface area contributed by atoms with E-state index in [0.29, 0.717) is 13.1 Å². The first-order valence-corrected chi connectivity index (χ1v) is 6.21. The van der Waals surface area contributed by atoms with Crippen molar-refractivity contribution in [1.29, 1.82) is 0 Å². The monoisotopic (exact) mass is 228 g/mol. The Bertz CT molecular complexity index is 237. The zero-order valence-electron chi connectivity index (χ0n) is 10.6. The molecule has 0 radical (unpaired) electrons. The Labute approximate surface area is 98.0 Å². The van der Waals surface area contributed by atoms with Gasteiger partial charge in [0, 0.05) is 19.1 Å². The Morgan fingerprint density at radius 3 is 2.56 bits per heavy atom. The molecule has 16 heavy (non-hydrogen) atoms. The number of nitrogens with one attached hydrogen (secondary N) is 1. The first-order chi connectivity index (χ1) is 7.46. The summed E-state index contributed by atoms with van der Waals surface area (Å²) in [4.78, 5) is 13.7. The molecule has 0 saturated carbocycles. The molecule has 0 aliphatic carbocycles. The third kappa shape index (κ3) is 4.10. The van der Waals surface area contributed by atoms with E-state index in [4.69, 9.17) is 0 Å². The number of nitrogens with zero attached hydrogens (tertiary/aromatic N) is 1. The lowest BCUT2D eigenvalue weighted by molar-refractivity contribution is -0.122. The molecule has 1 fully saturated rings. The van der Waals surface area contributed by atoms with Crippen LogP contribution in [0.25, 0.3) is 0 Å². The molecule has 1 unspecified atom stereocenters. The molecule has 94 valence electrons. The second-order valence-electron chi connectivity index (χ2n) is 5.04. The molecule has 1 heterocycles. The molecule has 1 atom stereocenters. The third-order valence-corrected chi connectivity index (χ3v) is 3.25. The topological polar surface area (TPSA) is 52.6 Å². The molecule has 4 nitrogen and oxygen atoms in total. The highest BCUT2D eigenvalue weighted by atomic mass is 16.3. The summed E-state index contributed by atoms with van der Waals surface area (Å²) < 4.78 is 0. The summed E-state index contributed by atoms with van der Waals surface area (Å²) in [6.07, 6.45) is 2.70. The molecule has 1 rings (SSSR count). The number of hydrogen-bond acceptors (Lipinski definition) is 3. The number of amides is 1. The zero-order chi connectivity index (χ0) is 12.2. The Hall–Kier alpha value is -0.610. The molecule has 0 bridgehead atoms. The van der Waals surface area contributed by atoms with Crippen molar-refractivity contribution in [1.82, 2.24) is 10.2 Å². The van der Waals surface area contributed by atoms with Gasteiger partial charge in [0.25, 0.3) is 0 Å². The van der Waals surface area contributed by atoms with E-state index in [1.807, 2.05) is 11.8 Å². The summed E-state index contributed by atoms with van der Waals surface area (Å²) in [5.74, 6) is 0.0754. The van der Waals surface area contributed by atoms with Gasteiger partial charge >= 0.3 is 0 Å². The van der Waals surface area contributed by atoms with Gasteiger partial charge in [0.05, 0.1) is 12.1 Å². The van der Waals surface area contributed by atoms with Crippen LogP contribution in [0.3, 0.4) is 0 Å². The van der Waals surface area contributed by atoms with Crippen LogP contribution in [-0.2, 0) is 4.79 Å². The molecule has 0 spiro atoms. The third-order valence-electron chi connectivity index (χ3n) is 3.25. The van der Waals surface area contributed by atoms with Crippen molar-refractivity contribution in [2.24, 2.45) is 0 Å². The largest absolute Gasteiger partial charge is 0.389 e. The molecule has 1 saturated heterocycles. The van der Waals surface area contributed by atoms with Crippen molar-refractivity contribution in [2.75, 3.05) is 19.6 Å². The van der Waals surface area contributed by atoms with Crippen molar-refractivity contribution in [3.8, 4) is 0 Å². The molecule has 0 aromatic heterocycles. The minimum Gasteiger partial charge on any atom is -0.389 e. The number of hydrogen-bond donors (Lipinski definition) is 2. The van der Waals surface area contributed by atoms with Crippen LogP contribution in [0, 0.1) is 0 Å². The smallest absolute Gasteiger partial charge is 0.234 e. The van der Waals surface area contributed by atoms with Crippen molar-refractivity contribution in [3.63, 3.8) is 0 Å². The number of β-amino-alcohol motifs (C(OH)–C–C–N with tert-alkyl or cyclic N) is 1. The molecule has 2 N–H and O–H groups in total. The van der Waals surface area contributed by atoms with Crippen molar-refractivity contribution >= 4 is 5.91 Å². The zero-order valence-corrected chi connectivity index (χ0v) is 10.6. The highest BCUT2D eigenvalue weighted by Crippen LogP contribution is 2.19. The van der Waals surface area contributed by atoms with E-state index in [9.17, 15) is 9.90 Å². The lowest BCUT2D eigenvalue weighted by atomic mass is 10.1. The van der Waals surface area contributed by atoms with E-state index in [1.54, 1.807) is 0 Å². The first kappa shape index (κ1) is 13.5. The van der Waals surface area contributed by atoms with Gasteiger partial charge in [-0.15, -0.1) is 0 Å². The Morgan fingerprint density at radius 2 is 2.12 bits per heavy atom. The fourth-order valence-electron chi connectivity index (χ4n) is 2.14. The van der Waals surface area contributed by atoms with Crippen LogP contribution in [0.15, 0.2) is 0 Å². The average molecular weight is 228 g/mol. The molecule has 1 aliphatic heterocycles. The van der Waals surface area contributed by atoms with Crippen LogP contribution in [0.5, 0.6) is 0 Å². The van der Waals surface area contributed by atoms with E-state index in [-0.39, 0.29) is 11.9 Å². The number of carbonyl (C=O) groups is 1. The maximum atomic E-state index is 11.7. The van der Waals surface area contributed by atoms with Gasteiger partial charge in [-0.25, -0.2) is 0 Å². The Morgan fingerprint density at radius 1 is 1.50 bits per heavy atom. The van der Waals surface area contributed by atoms with Crippen LogP contribution in [-0.4, -0.2) is 47.2 Å². The summed E-state index contributed by atoms with van der Waals surface area (Å²) in [6.45, 7) is 7.80. The Kier molecular flexibility index (Phi) is 4.74. The predicted molar refractivity (Wildman–Crippen MR) is 64.2 cm³/mol. The van der Waals surface area contributed by atoms with Crippen molar-refractivity contribution in [3.05, 3.63) is 0 Å². The fourth-order valence-corrected chi connectivity index (χ4v) is 2.14. The van der Waals surface area contributed by atoms with Gasteiger partial charge < -0.3 is 10.4 Å². The number of likely N-dealkylation sites (tertiary alicyclic amines) is 1. The van der Waals surface area contributed by atoms with Crippen molar-refractivity contribution in [2.45, 2.75) is 51.7 Å².